The summed E-state index contributed by atoms with van der Waals surface area (Å²) in [5.74, 6) is -1.20. The van der Waals surface area contributed by atoms with E-state index in [-0.39, 0.29) is 18.7 Å². The zero-order valence-corrected chi connectivity index (χ0v) is 24.8. The van der Waals surface area contributed by atoms with Gasteiger partial charge in [0.15, 0.2) is 0 Å². The Labute approximate surface area is 249 Å². The van der Waals surface area contributed by atoms with Gasteiger partial charge >= 0.3 is 6.18 Å². The van der Waals surface area contributed by atoms with E-state index < -0.39 is 46.2 Å². The highest BCUT2D eigenvalue weighted by Gasteiger charge is 2.35. The van der Waals surface area contributed by atoms with Crippen LogP contribution in [-0.2, 0) is 38.8 Å². The van der Waals surface area contributed by atoms with Crippen molar-refractivity contribution in [3.63, 3.8) is 0 Å². The number of sulfonamides is 1. The van der Waals surface area contributed by atoms with Crippen LogP contribution in [0.25, 0.3) is 0 Å². The monoisotopic (exact) mass is 623 g/mol. The van der Waals surface area contributed by atoms with E-state index in [9.17, 15) is 31.2 Å². The lowest BCUT2D eigenvalue weighted by molar-refractivity contribution is -0.140. The molecule has 0 aromatic heterocycles. The molecule has 42 heavy (non-hydrogen) atoms. The van der Waals surface area contributed by atoms with E-state index in [0.717, 1.165) is 30.4 Å². The minimum absolute atomic E-state index is 0.0745. The van der Waals surface area contributed by atoms with Crippen LogP contribution in [0.1, 0.15) is 36.5 Å². The smallest absolute Gasteiger partial charge is 0.354 e. The largest absolute Gasteiger partial charge is 0.416 e. The molecule has 0 fully saturated rings. The van der Waals surface area contributed by atoms with Crippen LogP contribution in [0.2, 0.25) is 5.02 Å². The molecule has 2 amide bonds. The van der Waals surface area contributed by atoms with Crippen molar-refractivity contribution in [2.24, 2.45) is 0 Å². The zero-order valence-electron chi connectivity index (χ0n) is 23.3. The minimum atomic E-state index is -4.72. The Morgan fingerprint density at radius 1 is 0.952 bits per heavy atom. The summed E-state index contributed by atoms with van der Waals surface area (Å²) in [6.07, 6.45) is -2.24. The number of anilines is 1. The number of benzene rings is 3. The number of hydrogen-bond acceptors (Lipinski definition) is 4. The number of amides is 2. The maximum absolute atomic E-state index is 14.0. The molecule has 0 radical (unpaired) electrons. The Morgan fingerprint density at radius 3 is 2.21 bits per heavy atom. The highest BCUT2D eigenvalue weighted by Crippen LogP contribution is 2.32. The van der Waals surface area contributed by atoms with Gasteiger partial charge in [0.1, 0.15) is 12.6 Å². The number of carbonyl (C=O) groups is 2. The second kappa shape index (κ2) is 14.6. The van der Waals surface area contributed by atoms with Gasteiger partial charge in [0, 0.05) is 24.5 Å². The fraction of sp³-hybridized carbons (Fsp3) is 0.333. The van der Waals surface area contributed by atoms with Crippen molar-refractivity contribution in [3.05, 3.63) is 101 Å². The molecule has 0 saturated carbocycles. The molecule has 226 valence electrons. The van der Waals surface area contributed by atoms with Crippen LogP contribution >= 0.6 is 11.6 Å². The summed E-state index contributed by atoms with van der Waals surface area (Å²) in [5, 5.41) is 3.32. The Morgan fingerprint density at radius 2 is 1.62 bits per heavy atom. The third kappa shape index (κ3) is 9.49. The molecule has 0 heterocycles. The van der Waals surface area contributed by atoms with Crippen LogP contribution in [0, 0.1) is 0 Å². The fourth-order valence-electron chi connectivity index (χ4n) is 4.30. The standard InChI is InChI=1S/C30H33ClF3N3O4S/c1-3-4-17-35-29(39)27(18-22-9-6-5-7-10-22)36(20-23-13-15-25(31)16-14-23)28(38)21-37(42(2,40)41)26-12-8-11-24(19-26)30(32,33)34/h5-16,19,27H,3-4,17-18,20-21H2,1-2H3,(H,35,39)/t27-/m1/s1. The molecule has 3 rings (SSSR count). The minimum Gasteiger partial charge on any atom is -0.354 e. The van der Waals surface area contributed by atoms with E-state index in [0.29, 0.717) is 33.9 Å². The molecule has 0 aliphatic heterocycles. The lowest BCUT2D eigenvalue weighted by Gasteiger charge is -2.33. The van der Waals surface area contributed by atoms with Crippen molar-refractivity contribution in [3.8, 4) is 0 Å². The van der Waals surface area contributed by atoms with Crippen molar-refractivity contribution < 1.29 is 31.2 Å². The van der Waals surface area contributed by atoms with Crippen molar-refractivity contribution in [2.45, 2.75) is 44.9 Å². The first kappa shape index (κ1) is 32.9. The average Bonchev–Trinajstić information content (AvgIpc) is 2.94. The van der Waals surface area contributed by atoms with Gasteiger partial charge in [-0.3, -0.25) is 13.9 Å². The SMILES string of the molecule is CCCCNC(=O)[C@@H](Cc1ccccc1)N(Cc1ccc(Cl)cc1)C(=O)CN(c1cccc(C(F)(F)F)c1)S(C)(=O)=O. The lowest BCUT2D eigenvalue weighted by Crippen LogP contribution is -2.53. The maximum atomic E-state index is 14.0. The fourth-order valence-corrected chi connectivity index (χ4v) is 5.27. The molecule has 0 unspecified atom stereocenters. The Hall–Kier alpha value is -3.57. The van der Waals surface area contributed by atoms with E-state index >= 15 is 0 Å². The van der Waals surface area contributed by atoms with Crippen LogP contribution < -0.4 is 9.62 Å². The summed E-state index contributed by atoms with van der Waals surface area (Å²) in [6.45, 7) is 1.46. The van der Waals surface area contributed by atoms with Gasteiger partial charge in [0.05, 0.1) is 17.5 Å². The number of halogens is 4. The van der Waals surface area contributed by atoms with Crippen LogP contribution in [0.3, 0.4) is 0 Å². The van der Waals surface area contributed by atoms with Crippen molar-refractivity contribution in [1.82, 2.24) is 10.2 Å². The van der Waals surface area contributed by atoms with E-state index in [2.05, 4.69) is 5.32 Å². The lowest BCUT2D eigenvalue weighted by atomic mass is 10.0. The van der Waals surface area contributed by atoms with E-state index in [1.165, 1.54) is 11.0 Å². The number of alkyl halides is 3. The highest BCUT2D eigenvalue weighted by molar-refractivity contribution is 7.92. The molecule has 0 spiro atoms. The topological polar surface area (TPSA) is 86.8 Å². The number of rotatable bonds is 13. The predicted octanol–water partition coefficient (Wildman–Crippen LogP) is 5.68. The Bertz CT molecular complexity index is 1450. The summed E-state index contributed by atoms with van der Waals surface area (Å²) in [6, 6.07) is 18.3. The summed E-state index contributed by atoms with van der Waals surface area (Å²) in [5.41, 5.74) is 0.00698. The second-order valence-electron chi connectivity index (χ2n) is 9.82. The third-order valence-electron chi connectivity index (χ3n) is 6.51. The van der Waals surface area contributed by atoms with Gasteiger partial charge in [-0.05, 0) is 47.9 Å². The summed E-state index contributed by atoms with van der Waals surface area (Å²) < 4.78 is 66.5. The van der Waals surface area contributed by atoms with Gasteiger partial charge in [-0.1, -0.05) is 73.5 Å². The molecule has 3 aromatic carbocycles. The van der Waals surface area contributed by atoms with Gasteiger partial charge in [-0.2, -0.15) is 13.2 Å². The first-order chi connectivity index (χ1) is 19.8. The summed E-state index contributed by atoms with van der Waals surface area (Å²) in [7, 11) is -4.21. The van der Waals surface area contributed by atoms with Crippen molar-refractivity contribution in [2.75, 3.05) is 23.7 Å². The van der Waals surface area contributed by atoms with Crippen LogP contribution in [0.5, 0.6) is 0 Å². The van der Waals surface area contributed by atoms with Crippen LogP contribution in [0.15, 0.2) is 78.9 Å². The van der Waals surface area contributed by atoms with E-state index in [4.69, 9.17) is 11.6 Å². The average molecular weight is 624 g/mol. The highest BCUT2D eigenvalue weighted by atomic mass is 35.5. The molecular weight excluding hydrogens is 591 g/mol. The van der Waals surface area contributed by atoms with Gasteiger partial charge in [-0.15, -0.1) is 0 Å². The van der Waals surface area contributed by atoms with Crippen LogP contribution in [-0.4, -0.2) is 50.5 Å². The first-order valence-electron chi connectivity index (χ1n) is 13.3. The molecule has 1 N–H and O–H groups in total. The predicted molar refractivity (Wildman–Crippen MR) is 157 cm³/mol. The number of hydrogen-bond donors (Lipinski definition) is 1. The molecule has 0 saturated heterocycles. The van der Waals surface area contributed by atoms with E-state index in [1.54, 1.807) is 36.4 Å². The molecule has 0 bridgehead atoms. The molecule has 1 atom stereocenters. The van der Waals surface area contributed by atoms with E-state index in [1.807, 2.05) is 25.1 Å². The Kier molecular flexibility index (Phi) is 11.4. The van der Waals surface area contributed by atoms with Gasteiger partial charge in [-0.25, -0.2) is 8.42 Å². The number of nitrogens with one attached hydrogen (secondary N) is 1. The summed E-state index contributed by atoms with van der Waals surface area (Å²) in [4.78, 5) is 28.8. The maximum Gasteiger partial charge on any atom is 0.416 e. The molecule has 0 aliphatic rings. The third-order valence-corrected chi connectivity index (χ3v) is 7.90. The molecule has 3 aromatic rings. The number of unbranched alkanes of at least 4 members (excludes halogenated alkanes) is 1. The van der Waals surface area contributed by atoms with Crippen LogP contribution in [0.4, 0.5) is 18.9 Å². The molecule has 7 nitrogen and oxygen atoms in total. The van der Waals surface area contributed by atoms with Crippen molar-refractivity contribution >= 4 is 39.1 Å². The number of nitrogens with zero attached hydrogens (tertiary/aromatic N) is 2. The second-order valence-corrected chi connectivity index (χ2v) is 12.2. The summed E-state index contributed by atoms with van der Waals surface area (Å²) >= 11 is 6.04. The quantitative estimate of drug-likeness (QED) is 0.248. The normalized spacial score (nSPS) is 12.4. The van der Waals surface area contributed by atoms with Gasteiger partial charge in [0.25, 0.3) is 0 Å². The zero-order chi connectivity index (χ0) is 30.9. The van der Waals surface area contributed by atoms with Gasteiger partial charge < -0.3 is 10.2 Å². The number of carbonyl (C=O) groups excluding carboxylic acids is 2. The molecule has 0 aliphatic carbocycles. The molecular formula is C30H33ClF3N3O4S. The van der Waals surface area contributed by atoms with Crippen molar-refractivity contribution in [1.29, 1.82) is 0 Å². The first-order valence-corrected chi connectivity index (χ1v) is 15.5. The molecule has 12 heteroatoms. The van der Waals surface area contributed by atoms with Gasteiger partial charge in [0.2, 0.25) is 21.8 Å². The Balaban J connectivity index is 2.05.